The van der Waals surface area contributed by atoms with Crippen LogP contribution >= 0.6 is 0 Å². The van der Waals surface area contributed by atoms with Gasteiger partial charge in [0.05, 0.1) is 0 Å². The van der Waals surface area contributed by atoms with Gasteiger partial charge in [0.1, 0.15) is 0 Å². The zero-order valence-corrected chi connectivity index (χ0v) is 12.1. The summed E-state index contributed by atoms with van der Waals surface area (Å²) >= 11 is 0. The highest BCUT2D eigenvalue weighted by atomic mass is 16.6. The van der Waals surface area contributed by atoms with Gasteiger partial charge < -0.3 is 9.64 Å². The highest BCUT2D eigenvalue weighted by Gasteiger charge is 2.33. The Hall–Kier alpha value is -1.84. The van der Waals surface area contributed by atoms with Crippen LogP contribution in [0.15, 0.2) is 30.3 Å². The van der Waals surface area contributed by atoms with E-state index in [4.69, 9.17) is 4.74 Å². The van der Waals surface area contributed by atoms with Crippen LogP contribution in [-0.2, 0) is 16.0 Å². The van der Waals surface area contributed by atoms with Crippen molar-refractivity contribution < 1.29 is 14.3 Å². The molecule has 0 bridgehead atoms. The quantitative estimate of drug-likeness (QED) is 0.849. The maximum absolute atomic E-state index is 12.3. The maximum atomic E-state index is 12.3. The Morgan fingerprint density at radius 3 is 2.35 bits per heavy atom. The molecule has 1 aliphatic rings. The molecule has 1 saturated heterocycles. The van der Waals surface area contributed by atoms with Gasteiger partial charge in [0.15, 0.2) is 11.4 Å². The van der Waals surface area contributed by atoms with Gasteiger partial charge in [-0.3, -0.25) is 4.79 Å². The van der Waals surface area contributed by atoms with E-state index in [0.717, 1.165) is 31.5 Å². The highest BCUT2D eigenvalue weighted by Crippen LogP contribution is 2.18. The Labute approximate surface area is 119 Å². The lowest BCUT2D eigenvalue weighted by Crippen LogP contribution is -2.42. The molecule has 1 fully saturated rings. The fourth-order valence-electron chi connectivity index (χ4n) is 2.23. The van der Waals surface area contributed by atoms with Crippen molar-refractivity contribution in [3.05, 3.63) is 35.9 Å². The van der Waals surface area contributed by atoms with E-state index in [-0.39, 0.29) is 18.3 Å². The Morgan fingerprint density at radius 1 is 1.15 bits per heavy atom. The number of carbonyl (C=O) groups excluding carboxylic acids is 2. The number of carbonyl (C=O) groups is 2. The van der Waals surface area contributed by atoms with Crippen LogP contribution in [0.2, 0.25) is 0 Å². The molecule has 0 atom stereocenters. The van der Waals surface area contributed by atoms with E-state index in [1.54, 1.807) is 18.7 Å². The van der Waals surface area contributed by atoms with Crippen molar-refractivity contribution in [2.75, 3.05) is 13.1 Å². The number of likely N-dealkylation sites (tertiary alicyclic amines) is 1. The van der Waals surface area contributed by atoms with E-state index in [9.17, 15) is 9.59 Å². The lowest BCUT2D eigenvalue weighted by molar-refractivity contribution is -0.134. The van der Waals surface area contributed by atoms with E-state index in [1.165, 1.54) is 0 Å². The second-order valence-corrected chi connectivity index (χ2v) is 5.66. The Bertz CT molecular complexity index is 476. The molecule has 20 heavy (non-hydrogen) atoms. The SMILES string of the molecule is CC(C)(OC(=O)N1CCCC1)C(=O)Cc1ccccc1. The fraction of sp³-hybridized carbons (Fsp3) is 0.500. The lowest BCUT2D eigenvalue weighted by Gasteiger charge is -2.26. The Balaban J connectivity index is 1.94. The first-order valence-electron chi connectivity index (χ1n) is 7.04. The minimum Gasteiger partial charge on any atom is -0.435 e. The van der Waals surface area contributed by atoms with Crippen molar-refractivity contribution in [2.24, 2.45) is 0 Å². The summed E-state index contributed by atoms with van der Waals surface area (Å²) < 4.78 is 5.39. The zero-order chi connectivity index (χ0) is 14.6. The summed E-state index contributed by atoms with van der Waals surface area (Å²) in [5.74, 6) is -0.0868. The van der Waals surface area contributed by atoms with E-state index in [1.807, 2.05) is 30.3 Å². The number of nitrogens with zero attached hydrogens (tertiary/aromatic N) is 1. The Morgan fingerprint density at radius 2 is 1.75 bits per heavy atom. The monoisotopic (exact) mass is 275 g/mol. The molecule has 4 heteroatoms. The summed E-state index contributed by atoms with van der Waals surface area (Å²) in [6.45, 7) is 4.77. The summed E-state index contributed by atoms with van der Waals surface area (Å²) in [4.78, 5) is 25.9. The van der Waals surface area contributed by atoms with E-state index < -0.39 is 5.60 Å². The first-order chi connectivity index (χ1) is 9.49. The summed E-state index contributed by atoms with van der Waals surface area (Å²) in [6, 6.07) is 9.50. The van der Waals surface area contributed by atoms with Crippen LogP contribution in [0, 0.1) is 0 Å². The second-order valence-electron chi connectivity index (χ2n) is 5.66. The third-order valence-corrected chi connectivity index (χ3v) is 3.59. The topological polar surface area (TPSA) is 46.6 Å². The fourth-order valence-corrected chi connectivity index (χ4v) is 2.23. The van der Waals surface area contributed by atoms with Gasteiger partial charge in [0.2, 0.25) is 0 Å². The van der Waals surface area contributed by atoms with Gasteiger partial charge in [-0.1, -0.05) is 30.3 Å². The molecule has 1 aliphatic heterocycles. The summed E-state index contributed by atoms with van der Waals surface area (Å²) in [7, 11) is 0. The molecule has 1 amide bonds. The molecule has 1 heterocycles. The second kappa shape index (κ2) is 6.07. The third-order valence-electron chi connectivity index (χ3n) is 3.59. The van der Waals surface area contributed by atoms with Crippen molar-refractivity contribution in [3.8, 4) is 0 Å². The highest BCUT2D eigenvalue weighted by molar-refractivity contribution is 5.90. The third kappa shape index (κ3) is 3.59. The number of amides is 1. The van der Waals surface area contributed by atoms with Crippen molar-refractivity contribution in [1.29, 1.82) is 0 Å². The molecule has 0 spiro atoms. The van der Waals surface area contributed by atoms with Gasteiger partial charge >= 0.3 is 6.09 Å². The van der Waals surface area contributed by atoms with Crippen LogP contribution < -0.4 is 0 Å². The summed E-state index contributed by atoms with van der Waals surface area (Å²) in [6.07, 6.45) is 1.91. The van der Waals surface area contributed by atoms with E-state index >= 15 is 0 Å². The molecule has 0 aliphatic carbocycles. The van der Waals surface area contributed by atoms with Crippen LogP contribution in [0.4, 0.5) is 4.79 Å². The number of Topliss-reactive ketones (excluding diaryl/α,β-unsaturated/α-hetero) is 1. The predicted octanol–water partition coefficient (Wildman–Crippen LogP) is 2.81. The van der Waals surface area contributed by atoms with E-state index in [2.05, 4.69) is 0 Å². The molecular weight excluding hydrogens is 254 g/mol. The normalized spacial score (nSPS) is 15.2. The molecule has 0 N–H and O–H groups in total. The van der Waals surface area contributed by atoms with Crippen LogP contribution in [0.5, 0.6) is 0 Å². The standard InChI is InChI=1S/C16H21NO3/c1-16(2,20-15(19)17-10-6-7-11-17)14(18)12-13-8-4-3-5-9-13/h3-5,8-9H,6-7,10-12H2,1-2H3. The molecule has 0 saturated carbocycles. The number of rotatable bonds is 4. The average Bonchev–Trinajstić information content (AvgIpc) is 2.93. The van der Waals surface area contributed by atoms with E-state index in [0.29, 0.717) is 0 Å². The molecule has 108 valence electrons. The van der Waals surface area contributed by atoms with Gasteiger partial charge in [-0.05, 0) is 32.3 Å². The van der Waals surface area contributed by atoms with Gasteiger partial charge in [-0.25, -0.2) is 4.79 Å². The van der Waals surface area contributed by atoms with Gasteiger partial charge in [0, 0.05) is 19.5 Å². The molecule has 1 aromatic carbocycles. The first kappa shape index (κ1) is 14.6. The molecule has 1 aromatic rings. The Kier molecular flexibility index (Phi) is 4.42. The van der Waals surface area contributed by atoms with Crippen LogP contribution in [0.25, 0.3) is 0 Å². The summed E-state index contributed by atoms with van der Waals surface area (Å²) in [5, 5.41) is 0. The lowest BCUT2D eigenvalue weighted by atomic mass is 9.97. The smallest absolute Gasteiger partial charge is 0.410 e. The van der Waals surface area contributed by atoms with Gasteiger partial charge in [-0.15, -0.1) is 0 Å². The molecule has 0 unspecified atom stereocenters. The average molecular weight is 275 g/mol. The minimum atomic E-state index is -1.09. The molecule has 0 radical (unpaired) electrons. The number of benzene rings is 1. The molecule has 0 aromatic heterocycles. The predicted molar refractivity (Wildman–Crippen MR) is 76.5 cm³/mol. The van der Waals surface area contributed by atoms with Crippen molar-refractivity contribution in [3.63, 3.8) is 0 Å². The number of hydrogen-bond donors (Lipinski definition) is 0. The largest absolute Gasteiger partial charge is 0.435 e. The molecule has 2 rings (SSSR count). The van der Waals surface area contributed by atoms with Crippen molar-refractivity contribution >= 4 is 11.9 Å². The minimum absolute atomic E-state index is 0.0868. The molecular formula is C16H21NO3. The number of ketones is 1. The zero-order valence-electron chi connectivity index (χ0n) is 12.1. The van der Waals surface area contributed by atoms with Crippen LogP contribution in [0.3, 0.4) is 0 Å². The van der Waals surface area contributed by atoms with Gasteiger partial charge in [0.25, 0.3) is 0 Å². The van der Waals surface area contributed by atoms with Crippen molar-refractivity contribution in [1.82, 2.24) is 4.90 Å². The van der Waals surface area contributed by atoms with Crippen LogP contribution in [0.1, 0.15) is 32.3 Å². The van der Waals surface area contributed by atoms with Crippen LogP contribution in [-0.4, -0.2) is 35.5 Å². The number of ether oxygens (including phenoxy) is 1. The van der Waals surface area contributed by atoms with Gasteiger partial charge in [-0.2, -0.15) is 0 Å². The maximum Gasteiger partial charge on any atom is 0.410 e. The summed E-state index contributed by atoms with van der Waals surface area (Å²) in [5.41, 5.74) is -0.155. The van der Waals surface area contributed by atoms with Crippen molar-refractivity contribution in [2.45, 2.75) is 38.7 Å². The number of hydrogen-bond acceptors (Lipinski definition) is 3. The molecule has 4 nitrogen and oxygen atoms in total. The first-order valence-corrected chi connectivity index (χ1v) is 7.04.